The van der Waals surface area contributed by atoms with Gasteiger partial charge in [0.2, 0.25) is 0 Å². The second-order valence-electron chi connectivity index (χ2n) is 35.8. The summed E-state index contributed by atoms with van der Waals surface area (Å²) in [4.78, 5) is 30.9. The van der Waals surface area contributed by atoms with Crippen LogP contribution in [0, 0.1) is 0 Å². The largest absolute Gasteiger partial charge is 0.456 e. The Labute approximate surface area is 767 Å². The van der Waals surface area contributed by atoms with E-state index in [4.69, 9.17) is 43.2 Å². The lowest BCUT2D eigenvalue weighted by Gasteiger charge is -2.22. The van der Waals surface area contributed by atoms with Crippen molar-refractivity contribution in [1.29, 1.82) is 0 Å². The average Bonchev–Trinajstić information content (AvgIpc) is 1.56. The van der Waals surface area contributed by atoms with E-state index < -0.39 is 0 Å². The van der Waals surface area contributed by atoms with Crippen molar-refractivity contribution in [3.63, 3.8) is 0 Å². The predicted octanol–water partition coefficient (Wildman–Crippen LogP) is 33.0. The van der Waals surface area contributed by atoms with Gasteiger partial charge < -0.3 is 13.3 Å². The first-order chi connectivity index (χ1) is 65.4. The Bertz CT molecular complexity index is 9010. The first kappa shape index (κ1) is 78.1. The average molecular weight is 1700 g/mol. The van der Waals surface area contributed by atoms with E-state index in [0.29, 0.717) is 0 Å². The molecule has 0 amide bonds. The van der Waals surface area contributed by atoms with Crippen LogP contribution in [0.3, 0.4) is 0 Å². The minimum Gasteiger partial charge on any atom is -0.456 e. The molecule has 2 aliphatic carbocycles. The Morgan fingerprint density at radius 1 is 0.188 bits per heavy atom. The monoisotopic (exact) mass is 1700 g/mol. The molecule has 27 rings (SSSR count). The van der Waals surface area contributed by atoms with Gasteiger partial charge in [-0.15, -0.1) is 0 Å². The Morgan fingerprint density at radius 3 is 1.08 bits per heavy atom. The number of aromatic nitrogens is 6. The van der Waals surface area contributed by atoms with Crippen molar-refractivity contribution in [2.24, 2.45) is 0 Å². The molecule has 0 spiro atoms. The highest BCUT2D eigenvalue weighted by molar-refractivity contribution is 6.15. The van der Waals surface area contributed by atoms with Crippen molar-refractivity contribution >= 4 is 110 Å². The van der Waals surface area contributed by atoms with Gasteiger partial charge in [-0.25, -0.2) is 24.9 Å². The van der Waals surface area contributed by atoms with E-state index in [-0.39, 0.29) is 10.8 Å². The van der Waals surface area contributed by atoms with Gasteiger partial charge >= 0.3 is 0 Å². The van der Waals surface area contributed by atoms with Gasteiger partial charge in [0.25, 0.3) is 0 Å². The fourth-order valence-electron chi connectivity index (χ4n) is 20.6. The number of benzene rings is 18. The van der Waals surface area contributed by atoms with Crippen molar-refractivity contribution in [3.8, 4) is 134 Å². The maximum atomic E-state index is 6.16. The molecule has 9 heteroatoms. The number of hydrogen-bond acceptors (Lipinski definition) is 9. The zero-order valence-corrected chi connectivity index (χ0v) is 73.3. The Morgan fingerprint density at radius 2 is 0.549 bits per heavy atom. The third-order valence-electron chi connectivity index (χ3n) is 27.3. The first-order valence-corrected chi connectivity index (χ1v) is 45.3. The summed E-state index contributed by atoms with van der Waals surface area (Å²) in [5.74, 6) is 0. The van der Waals surface area contributed by atoms with Gasteiger partial charge in [0.05, 0.1) is 61.7 Å². The van der Waals surface area contributed by atoms with E-state index in [9.17, 15) is 0 Å². The molecule has 0 saturated heterocycles. The molecule has 626 valence electrons. The lowest BCUT2D eigenvalue weighted by molar-refractivity contribution is 0.660. The summed E-state index contributed by atoms with van der Waals surface area (Å²) < 4.78 is 18.4. The number of fused-ring (bicyclic) bond motifs is 19. The lowest BCUT2D eigenvalue weighted by Crippen LogP contribution is -2.15. The van der Waals surface area contributed by atoms with Crippen LogP contribution in [0.2, 0.25) is 0 Å². The molecule has 0 radical (unpaired) electrons. The number of nitrogens with zero attached hydrogens (tertiary/aromatic N) is 6. The highest BCUT2D eigenvalue weighted by Crippen LogP contribution is 2.53. The molecule has 133 heavy (non-hydrogen) atoms. The van der Waals surface area contributed by atoms with Crippen molar-refractivity contribution < 1.29 is 13.3 Å². The van der Waals surface area contributed by atoms with Gasteiger partial charge in [-0.05, 0) is 197 Å². The van der Waals surface area contributed by atoms with E-state index in [1.165, 1.54) is 60.8 Å². The summed E-state index contributed by atoms with van der Waals surface area (Å²) in [6.07, 6.45) is 1.86. The van der Waals surface area contributed by atoms with E-state index >= 15 is 0 Å². The summed E-state index contributed by atoms with van der Waals surface area (Å²) >= 11 is 0. The SMILES string of the molecule is CC1(C)c2ccccc2-c2ccc(-c3nc(-c4ccc(-c5cccc6oc7ccccc7c56)cc4)cc4ncccc34)cc21.CC1(C)c2ccccc2-c2ccc(-c3nc4ccccc4nc3-c3ccc(-c4cccc5oc6ccccc6c45)cc3)cc21.c1ccc(-c2nc3cc(-c4ccc(-c5cccc6oc7ccccc7c56)cc4)ccc3nc2-c2ccc3ccccc3c2)cc1. The van der Waals surface area contributed by atoms with E-state index in [1.807, 2.05) is 97.2 Å². The van der Waals surface area contributed by atoms with Crippen LogP contribution < -0.4 is 0 Å². The topological polar surface area (TPSA) is 117 Å². The minimum atomic E-state index is -0.0910. The standard InChI is InChI=1S/C42H26N2O.2C41H28N2O/c1-2-10-30(11-3-1)41-42(33-22-19-27-9-4-5-12-31(27)25-33)43-36-24-23-32(26-37(36)44-41)28-17-20-29(21-18-28)34-14-8-16-39-40(34)35-13-6-7-15-38(35)45-39;1-41(2)32-13-5-3-10-29(32)30-23-22-27(24-33(30)41)40-39(42-34-14-6-7-15-35(34)43-40)26-20-18-25(19-21-26)28-12-9-17-37-38(28)31-11-4-8-16-36(31)44-37;1-41(2)33-13-5-3-9-29(33)30-21-20-27(23-34(30)41)40-31-12-8-22-42-36(31)24-35(43-40)26-18-16-25(17-19-26)28-11-7-15-38-39(28)32-10-4-6-14-37(32)44-38/h1-26H;2*3-24H,1-2H3. The Balaban J connectivity index is 0.000000107. The van der Waals surface area contributed by atoms with Crippen molar-refractivity contribution in [3.05, 3.63) is 447 Å². The number of para-hydroxylation sites is 5. The summed E-state index contributed by atoms with van der Waals surface area (Å²) in [6.45, 7) is 9.27. The zero-order chi connectivity index (χ0) is 88.6. The van der Waals surface area contributed by atoms with Gasteiger partial charge in [0.15, 0.2) is 0 Å². The Hall–Kier alpha value is -17.1. The molecule has 0 fully saturated rings. The van der Waals surface area contributed by atoms with Crippen LogP contribution in [0.25, 0.3) is 244 Å². The molecule has 7 aromatic heterocycles. The molecule has 0 aliphatic heterocycles. The normalized spacial score (nSPS) is 12.8. The second kappa shape index (κ2) is 31.4. The van der Waals surface area contributed by atoms with Gasteiger partial charge in [-0.1, -0.05) is 349 Å². The summed E-state index contributed by atoms with van der Waals surface area (Å²) in [5, 5.41) is 10.3. The number of rotatable bonds is 10. The van der Waals surface area contributed by atoms with Crippen LogP contribution in [0.5, 0.6) is 0 Å². The maximum absolute atomic E-state index is 6.16. The van der Waals surface area contributed by atoms with E-state index in [2.05, 4.69) is 355 Å². The molecular formula is C124H82N6O3. The molecule has 9 nitrogen and oxygen atoms in total. The number of furan rings is 3. The molecule has 2 aliphatic rings. The van der Waals surface area contributed by atoms with Gasteiger partial charge in [-0.3, -0.25) is 4.98 Å². The maximum Gasteiger partial charge on any atom is 0.136 e. The zero-order valence-electron chi connectivity index (χ0n) is 73.3. The summed E-state index contributed by atoms with van der Waals surface area (Å²) in [7, 11) is 0. The van der Waals surface area contributed by atoms with Crippen LogP contribution in [-0.2, 0) is 10.8 Å². The fourth-order valence-corrected chi connectivity index (χ4v) is 20.6. The molecular weight excluding hydrogens is 1620 g/mol. The van der Waals surface area contributed by atoms with Crippen LogP contribution in [0.4, 0.5) is 0 Å². The lowest BCUT2D eigenvalue weighted by atomic mass is 9.81. The second-order valence-corrected chi connectivity index (χ2v) is 35.8. The molecule has 0 N–H and O–H groups in total. The van der Waals surface area contributed by atoms with Crippen molar-refractivity contribution in [2.75, 3.05) is 0 Å². The van der Waals surface area contributed by atoms with Crippen molar-refractivity contribution in [1.82, 2.24) is 29.9 Å². The minimum absolute atomic E-state index is 0.0768. The van der Waals surface area contributed by atoms with Crippen molar-refractivity contribution in [2.45, 2.75) is 38.5 Å². The van der Waals surface area contributed by atoms with Gasteiger partial charge in [0.1, 0.15) is 33.5 Å². The molecule has 25 aromatic rings. The molecule has 0 saturated carbocycles. The van der Waals surface area contributed by atoms with Gasteiger partial charge in [-0.2, -0.15) is 0 Å². The predicted molar refractivity (Wildman–Crippen MR) is 547 cm³/mol. The highest BCUT2D eigenvalue weighted by Gasteiger charge is 2.38. The smallest absolute Gasteiger partial charge is 0.136 e. The fraction of sp³-hybridized carbons (Fsp3) is 0.0484. The highest BCUT2D eigenvalue weighted by atomic mass is 16.3. The third kappa shape index (κ3) is 13.4. The van der Waals surface area contributed by atoms with Crippen LogP contribution >= 0.6 is 0 Å². The third-order valence-corrected chi connectivity index (χ3v) is 27.3. The summed E-state index contributed by atoms with van der Waals surface area (Å²) in [5.41, 5.74) is 41.4. The quantitative estimate of drug-likeness (QED) is 0.132. The summed E-state index contributed by atoms with van der Waals surface area (Å²) in [6, 6.07) is 147. The molecule has 0 unspecified atom stereocenters. The van der Waals surface area contributed by atoms with Gasteiger partial charge in [0, 0.05) is 88.1 Å². The molecule has 7 heterocycles. The van der Waals surface area contributed by atoms with Crippen LogP contribution in [0.1, 0.15) is 49.9 Å². The molecule has 0 atom stereocenters. The van der Waals surface area contributed by atoms with E-state index in [0.717, 1.165) is 205 Å². The molecule has 18 aromatic carbocycles. The Kier molecular flexibility index (Phi) is 18.4. The van der Waals surface area contributed by atoms with Crippen LogP contribution in [-0.4, -0.2) is 29.9 Å². The van der Waals surface area contributed by atoms with E-state index in [1.54, 1.807) is 0 Å². The molecule has 0 bridgehead atoms. The first-order valence-electron chi connectivity index (χ1n) is 45.3. The number of hydrogen-bond donors (Lipinski definition) is 0. The number of pyridine rings is 2. The van der Waals surface area contributed by atoms with Crippen LogP contribution in [0.15, 0.2) is 438 Å².